The zero-order valence-corrected chi connectivity index (χ0v) is 17.3. The zero-order valence-electron chi connectivity index (χ0n) is 17.3. The Morgan fingerprint density at radius 3 is 2.38 bits per heavy atom. The molecular formula is C24H30N2O3. The first-order valence-electron chi connectivity index (χ1n) is 10.5. The lowest BCUT2D eigenvalue weighted by atomic mass is 10.1. The third-order valence-corrected chi connectivity index (χ3v) is 4.94. The lowest BCUT2D eigenvalue weighted by molar-refractivity contribution is 0.0761. The highest BCUT2D eigenvalue weighted by Gasteiger charge is 2.18. The molecule has 0 radical (unpaired) electrons. The van der Waals surface area contributed by atoms with E-state index >= 15 is 0 Å². The Morgan fingerprint density at radius 1 is 0.966 bits per heavy atom. The Kier molecular flexibility index (Phi) is 7.28. The van der Waals surface area contributed by atoms with Crippen LogP contribution < -0.4 is 10.1 Å². The number of carbonyl (C=O) groups is 2. The summed E-state index contributed by atoms with van der Waals surface area (Å²) < 4.78 is 5.71. The molecule has 1 heterocycles. The van der Waals surface area contributed by atoms with Crippen LogP contribution in [0, 0.1) is 5.92 Å². The van der Waals surface area contributed by atoms with Gasteiger partial charge in [-0.25, -0.2) is 0 Å². The molecule has 1 saturated heterocycles. The molecule has 0 spiro atoms. The summed E-state index contributed by atoms with van der Waals surface area (Å²) in [7, 11) is 0. The van der Waals surface area contributed by atoms with Gasteiger partial charge in [0.05, 0.1) is 6.61 Å². The number of hydrogen-bond donors (Lipinski definition) is 1. The molecule has 1 aliphatic heterocycles. The van der Waals surface area contributed by atoms with E-state index in [1.807, 2.05) is 29.2 Å². The van der Waals surface area contributed by atoms with Crippen molar-refractivity contribution in [1.29, 1.82) is 0 Å². The zero-order chi connectivity index (χ0) is 20.6. The molecule has 0 aromatic heterocycles. The number of likely N-dealkylation sites (tertiary alicyclic amines) is 1. The van der Waals surface area contributed by atoms with E-state index in [1.165, 1.54) is 12.8 Å². The van der Waals surface area contributed by atoms with Crippen LogP contribution in [0.15, 0.2) is 48.5 Å². The molecule has 0 atom stereocenters. The second kappa shape index (κ2) is 10.1. The number of hydrogen-bond acceptors (Lipinski definition) is 3. The van der Waals surface area contributed by atoms with E-state index in [2.05, 4.69) is 19.2 Å². The monoisotopic (exact) mass is 394 g/mol. The van der Waals surface area contributed by atoms with Crippen LogP contribution in [-0.2, 0) is 0 Å². The molecule has 154 valence electrons. The summed E-state index contributed by atoms with van der Waals surface area (Å²) in [6.07, 6.45) is 4.47. The number of nitrogens with zero attached hydrogens (tertiary/aromatic N) is 1. The standard InChI is InChI=1S/C24H30N2O3/c1-18(2)17-29-22-12-8-9-19(16-22)23(27)25-21-11-7-10-20(15-21)24(28)26-13-5-3-4-6-14-26/h7-12,15-16,18H,3-6,13-14,17H2,1-2H3,(H,25,27). The van der Waals surface area contributed by atoms with Gasteiger partial charge in [0.1, 0.15) is 5.75 Å². The summed E-state index contributed by atoms with van der Waals surface area (Å²) in [6, 6.07) is 14.3. The van der Waals surface area contributed by atoms with Gasteiger partial charge in [-0.1, -0.05) is 38.8 Å². The first-order valence-corrected chi connectivity index (χ1v) is 10.5. The summed E-state index contributed by atoms with van der Waals surface area (Å²) in [5.41, 5.74) is 1.75. The van der Waals surface area contributed by atoms with Crippen molar-refractivity contribution in [3.05, 3.63) is 59.7 Å². The van der Waals surface area contributed by atoms with Crippen molar-refractivity contribution in [2.24, 2.45) is 5.92 Å². The highest BCUT2D eigenvalue weighted by atomic mass is 16.5. The lowest BCUT2D eigenvalue weighted by Crippen LogP contribution is -2.31. The molecule has 3 rings (SSSR count). The van der Waals surface area contributed by atoms with Crippen LogP contribution in [-0.4, -0.2) is 36.4 Å². The maximum absolute atomic E-state index is 12.8. The molecule has 5 heteroatoms. The fourth-order valence-corrected chi connectivity index (χ4v) is 3.38. The molecule has 0 unspecified atom stereocenters. The number of nitrogens with one attached hydrogen (secondary N) is 1. The van der Waals surface area contributed by atoms with Crippen LogP contribution in [0.1, 0.15) is 60.2 Å². The van der Waals surface area contributed by atoms with Gasteiger partial charge >= 0.3 is 0 Å². The first kappa shape index (κ1) is 20.9. The van der Waals surface area contributed by atoms with E-state index in [-0.39, 0.29) is 11.8 Å². The van der Waals surface area contributed by atoms with Crippen LogP contribution in [0.3, 0.4) is 0 Å². The second-order valence-corrected chi connectivity index (χ2v) is 7.97. The molecule has 0 bridgehead atoms. The Labute approximate surface area is 173 Å². The average Bonchev–Trinajstić information content (AvgIpc) is 3.01. The summed E-state index contributed by atoms with van der Waals surface area (Å²) in [5, 5.41) is 2.90. The average molecular weight is 395 g/mol. The quantitative estimate of drug-likeness (QED) is 0.751. The van der Waals surface area contributed by atoms with Gasteiger partial charge in [-0.3, -0.25) is 9.59 Å². The highest BCUT2D eigenvalue weighted by molar-refractivity contribution is 6.05. The van der Waals surface area contributed by atoms with Crippen molar-refractivity contribution in [2.75, 3.05) is 25.0 Å². The third-order valence-electron chi connectivity index (χ3n) is 4.94. The van der Waals surface area contributed by atoms with Gasteiger partial charge in [0.15, 0.2) is 0 Å². The topological polar surface area (TPSA) is 58.6 Å². The normalized spacial score (nSPS) is 14.4. The predicted molar refractivity (Wildman–Crippen MR) is 116 cm³/mol. The minimum Gasteiger partial charge on any atom is -0.493 e. The van der Waals surface area contributed by atoms with Crippen LogP contribution in [0.2, 0.25) is 0 Å². The minimum absolute atomic E-state index is 0.0343. The maximum Gasteiger partial charge on any atom is 0.255 e. The fraction of sp³-hybridized carbons (Fsp3) is 0.417. The maximum atomic E-state index is 12.8. The van der Waals surface area contributed by atoms with E-state index in [0.717, 1.165) is 25.9 Å². The Bertz CT molecular complexity index is 840. The number of ether oxygens (including phenoxy) is 1. The Hall–Kier alpha value is -2.82. The van der Waals surface area contributed by atoms with Crippen molar-refractivity contribution in [3.8, 4) is 5.75 Å². The lowest BCUT2D eigenvalue weighted by Gasteiger charge is -2.20. The fourth-order valence-electron chi connectivity index (χ4n) is 3.38. The van der Waals surface area contributed by atoms with Crippen LogP contribution in [0.25, 0.3) is 0 Å². The van der Waals surface area contributed by atoms with E-state index in [1.54, 1.807) is 24.3 Å². The Morgan fingerprint density at radius 2 is 1.66 bits per heavy atom. The van der Waals surface area contributed by atoms with Gasteiger partial charge in [-0.05, 0) is 55.2 Å². The van der Waals surface area contributed by atoms with E-state index in [0.29, 0.717) is 35.1 Å². The molecule has 29 heavy (non-hydrogen) atoms. The van der Waals surface area contributed by atoms with Crippen molar-refractivity contribution in [2.45, 2.75) is 39.5 Å². The molecule has 1 aliphatic rings. The van der Waals surface area contributed by atoms with E-state index in [4.69, 9.17) is 4.74 Å². The first-order chi connectivity index (χ1) is 14.0. The molecule has 2 aromatic rings. The second-order valence-electron chi connectivity index (χ2n) is 7.97. The molecule has 1 fully saturated rings. The van der Waals surface area contributed by atoms with Crippen molar-refractivity contribution in [1.82, 2.24) is 4.90 Å². The molecule has 2 amide bonds. The molecular weight excluding hydrogens is 364 g/mol. The third kappa shape index (κ3) is 6.08. The van der Waals surface area contributed by atoms with Gasteiger partial charge in [0, 0.05) is 29.9 Å². The summed E-state index contributed by atoms with van der Waals surface area (Å²) >= 11 is 0. The number of carbonyl (C=O) groups excluding carboxylic acids is 2. The largest absolute Gasteiger partial charge is 0.493 e. The highest BCUT2D eigenvalue weighted by Crippen LogP contribution is 2.19. The van der Waals surface area contributed by atoms with E-state index in [9.17, 15) is 9.59 Å². The Balaban J connectivity index is 1.67. The van der Waals surface area contributed by atoms with Crippen molar-refractivity contribution < 1.29 is 14.3 Å². The number of amides is 2. The van der Waals surface area contributed by atoms with E-state index < -0.39 is 0 Å². The van der Waals surface area contributed by atoms with Crippen molar-refractivity contribution in [3.63, 3.8) is 0 Å². The summed E-state index contributed by atoms with van der Waals surface area (Å²) in [5.74, 6) is 0.903. The van der Waals surface area contributed by atoms with Gasteiger partial charge in [-0.15, -0.1) is 0 Å². The SMILES string of the molecule is CC(C)COc1cccc(C(=O)Nc2cccc(C(=O)N3CCCCCC3)c2)c1. The molecule has 1 N–H and O–H groups in total. The molecule has 0 aliphatic carbocycles. The number of anilines is 1. The smallest absolute Gasteiger partial charge is 0.255 e. The molecule has 0 saturated carbocycles. The van der Waals surface area contributed by atoms with Crippen LogP contribution in [0.4, 0.5) is 5.69 Å². The van der Waals surface area contributed by atoms with Crippen molar-refractivity contribution >= 4 is 17.5 Å². The van der Waals surface area contributed by atoms with Gasteiger partial charge in [-0.2, -0.15) is 0 Å². The van der Waals surface area contributed by atoms with Crippen LogP contribution in [0.5, 0.6) is 5.75 Å². The van der Waals surface area contributed by atoms with Gasteiger partial charge < -0.3 is 15.0 Å². The summed E-state index contributed by atoms with van der Waals surface area (Å²) in [4.78, 5) is 27.4. The predicted octanol–water partition coefficient (Wildman–Crippen LogP) is 4.99. The number of rotatable bonds is 6. The number of benzene rings is 2. The van der Waals surface area contributed by atoms with Gasteiger partial charge in [0.25, 0.3) is 11.8 Å². The molecule has 2 aromatic carbocycles. The minimum atomic E-state index is -0.223. The summed E-state index contributed by atoms with van der Waals surface area (Å²) in [6.45, 7) is 6.37. The molecule has 5 nitrogen and oxygen atoms in total. The van der Waals surface area contributed by atoms with Gasteiger partial charge in [0.2, 0.25) is 0 Å². The van der Waals surface area contributed by atoms with Crippen LogP contribution >= 0.6 is 0 Å².